The van der Waals surface area contributed by atoms with Crippen molar-refractivity contribution < 1.29 is 29.3 Å². The number of hydrogen-bond acceptors (Lipinski definition) is 5. The van der Waals surface area contributed by atoms with E-state index in [1.54, 1.807) is 24.3 Å². The van der Waals surface area contributed by atoms with E-state index in [1.807, 2.05) is 0 Å². The maximum atomic E-state index is 12.2. The molecule has 0 unspecified atom stereocenters. The van der Waals surface area contributed by atoms with E-state index in [-0.39, 0.29) is 6.54 Å². The molecule has 0 saturated carbocycles. The fourth-order valence-corrected chi connectivity index (χ4v) is 2.35. The van der Waals surface area contributed by atoms with Crippen LogP contribution in [-0.4, -0.2) is 59.2 Å². The summed E-state index contributed by atoms with van der Waals surface area (Å²) in [5.74, 6) is -2.38. The van der Waals surface area contributed by atoms with Crippen LogP contribution in [0.2, 0.25) is 0 Å². The van der Waals surface area contributed by atoms with Crippen molar-refractivity contribution in [2.45, 2.75) is 32.6 Å². The number of unbranched alkanes of at least 4 members (excludes halogenated alkanes) is 3. The third-order valence-corrected chi connectivity index (χ3v) is 3.50. The highest BCUT2D eigenvalue weighted by molar-refractivity contribution is 5.94. The highest BCUT2D eigenvalue weighted by Crippen LogP contribution is 2.24. The number of carbonyl (C=O) groups is 3. The number of anilines is 1. The molecule has 0 aliphatic carbocycles. The van der Waals surface area contributed by atoms with E-state index in [2.05, 4.69) is 12.2 Å². The van der Waals surface area contributed by atoms with Crippen LogP contribution in [-0.2, 0) is 14.4 Å². The van der Waals surface area contributed by atoms with E-state index in [0.29, 0.717) is 18.0 Å². The number of ether oxygens (including phenoxy) is 1. The third kappa shape index (κ3) is 9.03. The van der Waals surface area contributed by atoms with Gasteiger partial charge in [0, 0.05) is 0 Å². The molecule has 3 N–H and O–H groups in total. The smallest absolute Gasteiger partial charge is 0.317 e. The molecule has 0 aromatic heterocycles. The van der Waals surface area contributed by atoms with Gasteiger partial charge in [-0.15, -0.1) is 0 Å². The largest absolute Gasteiger partial charge is 0.491 e. The van der Waals surface area contributed by atoms with Gasteiger partial charge in [0.1, 0.15) is 5.75 Å². The Morgan fingerprint density at radius 2 is 1.65 bits per heavy atom. The van der Waals surface area contributed by atoms with Gasteiger partial charge in [-0.3, -0.25) is 19.3 Å². The Labute approximate surface area is 152 Å². The fourth-order valence-electron chi connectivity index (χ4n) is 2.35. The molecule has 8 nitrogen and oxygen atoms in total. The molecule has 1 aromatic carbocycles. The SMILES string of the molecule is CCCCCCOc1ccccc1NC(=O)CN(CC(=O)O)CC(=O)O. The van der Waals surface area contributed by atoms with Crippen molar-refractivity contribution in [3.8, 4) is 5.75 Å². The van der Waals surface area contributed by atoms with Gasteiger partial charge in [-0.25, -0.2) is 0 Å². The minimum Gasteiger partial charge on any atom is -0.491 e. The van der Waals surface area contributed by atoms with E-state index in [0.717, 1.165) is 30.6 Å². The quantitative estimate of drug-likeness (QED) is 0.458. The fraction of sp³-hybridized carbons (Fsp3) is 0.500. The maximum absolute atomic E-state index is 12.2. The molecular formula is C18H26N2O6. The minimum atomic E-state index is -1.20. The molecule has 0 bridgehead atoms. The lowest BCUT2D eigenvalue weighted by Gasteiger charge is -2.18. The van der Waals surface area contributed by atoms with Crippen LogP contribution in [0.3, 0.4) is 0 Å². The molecule has 0 fully saturated rings. The normalized spacial score (nSPS) is 10.5. The second-order valence-corrected chi connectivity index (χ2v) is 5.89. The van der Waals surface area contributed by atoms with E-state index < -0.39 is 30.9 Å². The van der Waals surface area contributed by atoms with Crippen LogP contribution in [0.4, 0.5) is 5.69 Å². The standard InChI is InChI=1S/C18H26N2O6/c1-2-3-4-7-10-26-15-9-6-5-8-14(15)19-16(21)11-20(12-17(22)23)13-18(24)25/h5-6,8-9H,2-4,7,10-13H2,1H3,(H,19,21)(H,22,23)(H,24,25). The molecule has 0 aliphatic heterocycles. The summed E-state index contributed by atoms with van der Waals surface area (Å²) < 4.78 is 5.70. The van der Waals surface area contributed by atoms with Gasteiger partial charge < -0.3 is 20.3 Å². The van der Waals surface area contributed by atoms with Crippen molar-refractivity contribution in [3.63, 3.8) is 0 Å². The number of hydrogen-bond donors (Lipinski definition) is 3. The van der Waals surface area contributed by atoms with E-state index in [4.69, 9.17) is 14.9 Å². The molecule has 0 heterocycles. The van der Waals surface area contributed by atoms with Crippen LogP contribution in [0.15, 0.2) is 24.3 Å². The zero-order valence-corrected chi connectivity index (χ0v) is 14.9. The summed E-state index contributed by atoms with van der Waals surface area (Å²) in [5.41, 5.74) is 0.471. The van der Waals surface area contributed by atoms with Crippen molar-refractivity contribution in [1.82, 2.24) is 4.90 Å². The van der Waals surface area contributed by atoms with Crippen molar-refractivity contribution in [1.29, 1.82) is 0 Å². The summed E-state index contributed by atoms with van der Waals surface area (Å²) in [6.07, 6.45) is 4.27. The zero-order chi connectivity index (χ0) is 19.4. The van der Waals surface area contributed by atoms with Gasteiger partial charge in [-0.2, -0.15) is 0 Å². The predicted octanol–water partition coefficient (Wildman–Crippen LogP) is 2.06. The summed E-state index contributed by atoms with van der Waals surface area (Å²) in [6.45, 7) is 1.26. The molecule has 0 saturated heterocycles. The Bertz CT molecular complexity index is 589. The highest BCUT2D eigenvalue weighted by atomic mass is 16.5. The number of aliphatic carboxylic acids is 2. The number of carboxylic acid groups (broad SMARTS) is 2. The second kappa shape index (κ2) is 11.9. The summed E-state index contributed by atoms with van der Waals surface area (Å²) in [4.78, 5) is 34.8. The Kier molecular flexibility index (Phi) is 9.78. The van der Waals surface area contributed by atoms with Gasteiger partial charge >= 0.3 is 11.9 Å². The molecule has 0 spiro atoms. The number of rotatable bonds is 13. The number of carboxylic acids is 2. The van der Waals surface area contributed by atoms with Crippen LogP contribution >= 0.6 is 0 Å². The number of para-hydroxylation sites is 2. The van der Waals surface area contributed by atoms with Crippen molar-refractivity contribution in [2.24, 2.45) is 0 Å². The average Bonchev–Trinajstić information content (AvgIpc) is 2.54. The van der Waals surface area contributed by atoms with Gasteiger partial charge in [-0.05, 0) is 18.6 Å². The molecule has 0 aliphatic rings. The van der Waals surface area contributed by atoms with Gasteiger partial charge in [-0.1, -0.05) is 38.3 Å². The zero-order valence-electron chi connectivity index (χ0n) is 14.9. The number of carbonyl (C=O) groups excluding carboxylic acids is 1. The first-order valence-electron chi connectivity index (χ1n) is 8.60. The first-order chi connectivity index (χ1) is 12.4. The van der Waals surface area contributed by atoms with Gasteiger partial charge in [0.05, 0.1) is 31.9 Å². The molecule has 1 rings (SSSR count). The number of nitrogens with one attached hydrogen (secondary N) is 1. The predicted molar refractivity (Wildman–Crippen MR) is 96.4 cm³/mol. The Morgan fingerprint density at radius 1 is 1.00 bits per heavy atom. The lowest BCUT2D eigenvalue weighted by Crippen LogP contribution is -2.40. The number of nitrogens with zero attached hydrogens (tertiary/aromatic N) is 1. The lowest BCUT2D eigenvalue weighted by molar-refractivity contribution is -0.142. The number of benzene rings is 1. The third-order valence-electron chi connectivity index (χ3n) is 3.50. The van der Waals surface area contributed by atoms with E-state index in [1.165, 1.54) is 0 Å². The molecule has 0 radical (unpaired) electrons. The maximum Gasteiger partial charge on any atom is 0.317 e. The summed E-state index contributed by atoms with van der Waals surface area (Å²) in [7, 11) is 0. The highest BCUT2D eigenvalue weighted by Gasteiger charge is 2.17. The number of amides is 1. The van der Waals surface area contributed by atoms with Gasteiger partial charge in [0.2, 0.25) is 5.91 Å². The van der Waals surface area contributed by atoms with Crippen LogP contribution in [0.1, 0.15) is 32.6 Å². The molecular weight excluding hydrogens is 340 g/mol. The first kappa shape index (κ1) is 21.4. The Hall–Kier alpha value is -2.61. The second-order valence-electron chi connectivity index (χ2n) is 5.89. The Balaban J connectivity index is 2.61. The van der Waals surface area contributed by atoms with Crippen LogP contribution < -0.4 is 10.1 Å². The molecule has 144 valence electrons. The molecule has 1 amide bonds. The topological polar surface area (TPSA) is 116 Å². The monoisotopic (exact) mass is 366 g/mol. The molecule has 1 aromatic rings. The van der Waals surface area contributed by atoms with Crippen LogP contribution in [0.5, 0.6) is 5.75 Å². The van der Waals surface area contributed by atoms with E-state index >= 15 is 0 Å². The lowest BCUT2D eigenvalue weighted by atomic mass is 10.2. The average molecular weight is 366 g/mol. The van der Waals surface area contributed by atoms with Crippen molar-refractivity contribution >= 4 is 23.5 Å². The molecule has 0 atom stereocenters. The van der Waals surface area contributed by atoms with Crippen LogP contribution in [0.25, 0.3) is 0 Å². The Morgan fingerprint density at radius 3 is 2.27 bits per heavy atom. The summed E-state index contributed by atoms with van der Waals surface area (Å²) in [5, 5.41) is 20.3. The first-order valence-corrected chi connectivity index (χ1v) is 8.60. The summed E-state index contributed by atoms with van der Waals surface area (Å²) >= 11 is 0. The minimum absolute atomic E-state index is 0.344. The molecule has 8 heteroatoms. The summed E-state index contributed by atoms with van der Waals surface area (Å²) in [6, 6.07) is 6.95. The van der Waals surface area contributed by atoms with E-state index in [9.17, 15) is 14.4 Å². The van der Waals surface area contributed by atoms with Crippen molar-refractivity contribution in [2.75, 3.05) is 31.6 Å². The van der Waals surface area contributed by atoms with Crippen LogP contribution in [0, 0.1) is 0 Å². The molecule has 26 heavy (non-hydrogen) atoms. The van der Waals surface area contributed by atoms with Crippen molar-refractivity contribution in [3.05, 3.63) is 24.3 Å². The van der Waals surface area contributed by atoms with Gasteiger partial charge in [0.15, 0.2) is 0 Å². The van der Waals surface area contributed by atoms with Gasteiger partial charge in [0.25, 0.3) is 0 Å².